The van der Waals surface area contributed by atoms with Crippen LogP contribution in [0.5, 0.6) is 5.75 Å². The molecule has 37 heavy (non-hydrogen) atoms. The third kappa shape index (κ3) is 6.54. The number of halogens is 1. The van der Waals surface area contributed by atoms with Crippen molar-refractivity contribution in [2.45, 2.75) is 45.8 Å². The molecule has 10 heteroatoms. The van der Waals surface area contributed by atoms with Crippen LogP contribution >= 0.6 is 11.6 Å². The number of aromatic nitrogens is 2. The number of rotatable bonds is 7. The molecule has 1 unspecified atom stereocenters. The highest BCUT2D eigenvalue weighted by Crippen LogP contribution is 2.33. The molecule has 0 radical (unpaired) electrons. The van der Waals surface area contributed by atoms with E-state index < -0.39 is 29.1 Å². The Morgan fingerprint density at radius 3 is 2.49 bits per heavy atom. The maximum Gasteiger partial charge on any atom is 0.357 e. The first kappa shape index (κ1) is 27.4. The molecule has 192 valence electrons. The molecule has 3 rings (SSSR count). The fraction of sp³-hybridized carbons (Fsp3) is 0.296. The molecule has 2 aromatic heterocycles. The van der Waals surface area contributed by atoms with E-state index in [2.05, 4.69) is 16.4 Å². The summed E-state index contributed by atoms with van der Waals surface area (Å²) in [6.07, 6.45) is 3.09. The van der Waals surface area contributed by atoms with E-state index in [1.54, 1.807) is 45.9 Å². The normalized spacial score (nSPS) is 11.8. The minimum Gasteiger partial charge on any atom is -0.495 e. The van der Waals surface area contributed by atoms with E-state index in [1.165, 1.54) is 42.3 Å². The van der Waals surface area contributed by atoms with E-state index in [1.807, 2.05) is 0 Å². The summed E-state index contributed by atoms with van der Waals surface area (Å²) < 4.78 is 12.1. The largest absolute Gasteiger partial charge is 0.495 e. The number of methoxy groups -OCH3 is 1. The van der Waals surface area contributed by atoms with Gasteiger partial charge >= 0.3 is 5.97 Å². The molecule has 1 N–H and O–H groups in total. The Bertz CT molecular complexity index is 1420. The Kier molecular flexibility index (Phi) is 8.35. The van der Waals surface area contributed by atoms with Gasteiger partial charge in [-0.1, -0.05) is 18.5 Å². The third-order valence-corrected chi connectivity index (χ3v) is 5.56. The molecule has 9 nitrogen and oxygen atoms in total. The zero-order chi connectivity index (χ0) is 27.3. The van der Waals surface area contributed by atoms with E-state index in [9.17, 15) is 19.6 Å². The predicted octanol–water partition coefficient (Wildman–Crippen LogP) is 4.99. The number of nitrogens with zero attached hydrogens (tertiary/aromatic N) is 3. The average molecular weight is 523 g/mol. The number of hydrogen-bond acceptors (Lipinski definition) is 7. The van der Waals surface area contributed by atoms with Crippen molar-refractivity contribution in [1.82, 2.24) is 9.55 Å². The predicted molar refractivity (Wildman–Crippen MR) is 140 cm³/mol. The monoisotopic (exact) mass is 522 g/mol. The number of pyridine rings is 2. The molecule has 0 aliphatic rings. The fourth-order valence-corrected chi connectivity index (χ4v) is 3.81. The van der Waals surface area contributed by atoms with E-state index in [4.69, 9.17) is 21.1 Å². The summed E-state index contributed by atoms with van der Waals surface area (Å²) in [5.74, 6) is -0.727. The van der Waals surface area contributed by atoms with Gasteiger partial charge in [-0.05, 0) is 57.5 Å². The van der Waals surface area contributed by atoms with Crippen LogP contribution in [0, 0.1) is 11.3 Å². The van der Waals surface area contributed by atoms with Gasteiger partial charge in [0.2, 0.25) is 5.91 Å². The fourth-order valence-electron chi connectivity index (χ4n) is 3.64. The van der Waals surface area contributed by atoms with Crippen LogP contribution in [-0.2, 0) is 9.53 Å². The van der Waals surface area contributed by atoms with Gasteiger partial charge in [0.15, 0.2) is 0 Å². The average Bonchev–Trinajstić information content (AvgIpc) is 2.84. The lowest BCUT2D eigenvalue weighted by Crippen LogP contribution is -2.32. The molecule has 2 heterocycles. The molecule has 1 aromatic carbocycles. The lowest BCUT2D eigenvalue weighted by Gasteiger charge is -2.20. The van der Waals surface area contributed by atoms with Crippen LogP contribution in [0.1, 0.15) is 56.2 Å². The summed E-state index contributed by atoms with van der Waals surface area (Å²) in [4.78, 5) is 42.5. The molecular weight excluding hydrogens is 496 g/mol. The summed E-state index contributed by atoms with van der Waals surface area (Å²) in [5, 5.41) is 12.6. The van der Waals surface area contributed by atoms with E-state index in [-0.39, 0.29) is 5.69 Å². The summed E-state index contributed by atoms with van der Waals surface area (Å²) in [5.41, 5.74) is 0.503. The Morgan fingerprint density at radius 1 is 1.19 bits per heavy atom. The van der Waals surface area contributed by atoms with Gasteiger partial charge in [-0.2, -0.15) is 5.26 Å². The zero-order valence-corrected chi connectivity index (χ0v) is 21.9. The maximum absolute atomic E-state index is 13.1. The standard InChI is InChI=1S/C27H27ClN4O5/c1-6-22(25(34)31-18-9-10-21(30-14-18)26(35)37-27(2,3)4)32-15-23(36-5)20(12-24(32)33)19-11-17(28)8-7-16(19)13-29/h7-12,14-15,22H,6H2,1-5H3,(H,31,34). The molecular formula is C27H27ClN4O5. The molecule has 0 bridgehead atoms. The van der Waals surface area contributed by atoms with E-state index in [0.717, 1.165) is 0 Å². The van der Waals surface area contributed by atoms with Crippen LogP contribution in [0.4, 0.5) is 5.69 Å². The summed E-state index contributed by atoms with van der Waals surface area (Å²) >= 11 is 6.12. The maximum atomic E-state index is 13.1. The second-order valence-corrected chi connectivity index (χ2v) is 9.59. The van der Waals surface area contributed by atoms with Crippen LogP contribution in [0.3, 0.4) is 0 Å². The topological polar surface area (TPSA) is 123 Å². The van der Waals surface area contributed by atoms with Gasteiger partial charge in [0, 0.05) is 22.2 Å². The molecule has 0 aliphatic heterocycles. The van der Waals surface area contributed by atoms with Crippen molar-refractivity contribution in [2.24, 2.45) is 0 Å². The van der Waals surface area contributed by atoms with Gasteiger partial charge in [-0.15, -0.1) is 0 Å². The minimum absolute atomic E-state index is 0.106. The number of anilines is 1. The van der Waals surface area contributed by atoms with Gasteiger partial charge < -0.3 is 14.8 Å². The number of amides is 1. The number of carbonyl (C=O) groups is 2. The quantitative estimate of drug-likeness (QED) is 0.433. The molecule has 1 atom stereocenters. The molecule has 0 fully saturated rings. The number of nitriles is 1. The highest BCUT2D eigenvalue weighted by molar-refractivity contribution is 6.31. The smallest absolute Gasteiger partial charge is 0.357 e. The Hall–Kier alpha value is -4.16. The van der Waals surface area contributed by atoms with E-state index in [0.29, 0.717) is 39.6 Å². The van der Waals surface area contributed by atoms with Crippen molar-refractivity contribution < 1.29 is 19.1 Å². The van der Waals surface area contributed by atoms with Crippen LogP contribution in [0.15, 0.2) is 53.6 Å². The minimum atomic E-state index is -0.865. The van der Waals surface area contributed by atoms with Crippen molar-refractivity contribution in [1.29, 1.82) is 5.26 Å². The summed E-state index contributed by atoms with van der Waals surface area (Å²) in [7, 11) is 1.43. The van der Waals surface area contributed by atoms with Gasteiger partial charge in [0.25, 0.3) is 5.56 Å². The van der Waals surface area contributed by atoms with Crippen molar-refractivity contribution in [3.63, 3.8) is 0 Å². The highest BCUT2D eigenvalue weighted by atomic mass is 35.5. The summed E-state index contributed by atoms with van der Waals surface area (Å²) in [6.45, 7) is 7.04. The number of hydrogen-bond donors (Lipinski definition) is 1. The number of esters is 1. The number of nitrogens with one attached hydrogen (secondary N) is 1. The number of carbonyl (C=O) groups excluding carboxylic acids is 2. The molecule has 0 saturated heterocycles. The van der Waals surface area contributed by atoms with Gasteiger partial charge in [0.1, 0.15) is 23.1 Å². The zero-order valence-electron chi connectivity index (χ0n) is 21.2. The highest BCUT2D eigenvalue weighted by Gasteiger charge is 2.23. The first-order valence-electron chi connectivity index (χ1n) is 11.5. The Labute approximate surface area is 219 Å². The Morgan fingerprint density at radius 2 is 1.92 bits per heavy atom. The van der Waals surface area contributed by atoms with Crippen molar-refractivity contribution in [2.75, 3.05) is 12.4 Å². The lowest BCUT2D eigenvalue weighted by molar-refractivity contribution is -0.119. The SMILES string of the molecule is CCC(C(=O)Nc1ccc(C(=O)OC(C)(C)C)nc1)n1cc(OC)c(-c2cc(Cl)ccc2C#N)cc1=O. The van der Waals surface area contributed by atoms with Crippen LogP contribution in [0.2, 0.25) is 5.02 Å². The van der Waals surface area contributed by atoms with Gasteiger partial charge in [0.05, 0.1) is 36.8 Å². The number of benzene rings is 1. The first-order chi connectivity index (χ1) is 17.5. The number of ether oxygens (including phenoxy) is 2. The van der Waals surface area contributed by atoms with E-state index >= 15 is 0 Å². The van der Waals surface area contributed by atoms with Crippen molar-refractivity contribution in [3.8, 4) is 22.9 Å². The summed E-state index contributed by atoms with van der Waals surface area (Å²) in [6, 6.07) is 10.3. The Balaban J connectivity index is 1.89. The molecule has 0 saturated carbocycles. The third-order valence-electron chi connectivity index (χ3n) is 5.32. The molecule has 3 aromatic rings. The second-order valence-electron chi connectivity index (χ2n) is 9.15. The van der Waals surface area contributed by atoms with Crippen LogP contribution < -0.4 is 15.6 Å². The van der Waals surface area contributed by atoms with Crippen molar-refractivity contribution >= 4 is 29.2 Å². The van der Waals surface area contributed by atoms with Gasteiger partial charge in [-0.3, -0.25) is 14.2 Å². The second kappa shape index (κ2) is 11.3. The van der Waals surface area contributed by atoms with Crippen molar-refractivity contribution in [3.05, 3.63) is 75.4 Å². The molecule has 1 amide bonds. The lowest BCUT2D eigenvalue weighted by atomic mass is 10.00. The molecule has 0 spiro atoms. The molecule has 0 aliphatic carbocycles. The first-order valence-corrected chi connectivity index (χ1v) is 11.9. The van der Waals surface area contributed by atoms with Gasteiger partial charge in [-0.25, -0.2) is 9.78 Å². The van der Waals surface area contributed by atoms with Crippen LogP contribution in [0.25, 0.3) is 11.1 Å². The van der Waals surface area contributed by atoms with Crippen LogP contribution in [-0.4, -0.2) is 34.1 Å².